The molecule has 1 aliphatic heterocycles. The van der Waals surface area contributed by atoms with Crippen LogP contribution in [0.3, 0.4) is 0 Å². The monoisotopic (exact) mass is 581 g/mol. The largest absolute Gasteiger partial charge is 0.490 e. The Morgan fingerprint density at radius 1 is 1.07 bits per heavy atom. The van der Waals surface area contributed by atoms with Gasteiger partial charge in [-0.05, 0) is 12.1 Å². The highest BCUT2D eigenvalue weighted by molar-refractivity contribution is 5.73. The molecule has 220 valence electrons. The zero-order valence-electron chi connectivity index (χ0n) is 21.1. The molecule has 1 aliphatic rings. The lowest BCUT2D eigenvalue weighted by Crippen LogP contribution is -2.36. The average molecular weight is 581 g/mol. The third-order valence-electron chi connectivity index (χ3n) is 5.13. The maximum atomic E-state index is 10.6. The Morgan fingerprint density at radius 3 is 2.20 bits per heavy atom. The van der Waals surface area contributed by atoms with Crippen LogP contribution >= 0.6 is 0 Å². The van der Waals surface area contributed by atoms with Crippen molar-refractivity contribution in [3.63, 3.8) is 0 Å². The molecule has 4 heterocycles. The summed E-state index contributed by atoms with van der Waals surface area (Å²) in [6.07, 6.45) is -4.41. The summed E-state index contributed by atoms with van der Waals surface area (Å²) < 4.78 is 73.2. The average Bonchev–Trinajstić information content (AvgIpc) is 3.44. The van der Waals surface area contributed by atoms with E-state index in [9.17, 15) is 26.3 Å². The fourth-order valence-corrected chi connectivity index (χ4v) is 3.55. The van der Waals surface area contributed by atoms with Gasteiger partial charge < -0.3 is 14.9 Å². The number of hydrogen-bond acceptors (Lipinski definition) is 8. The maximum absolute atomic E-state index is 10.6. The molecule has 40 heavy (non-hydrogen) atoms. The molecule has 0 saturated heterocycles. The van der Waals surface area contributed by atoms with E-state index >= 15 is 0 Å². The minimum Gasteiger partial charge on any atom is -0.475 e. The predicted molar refractivity (Wildman–Crippen MR) is 122 cm³/mol. The summed E-state index contributed by atoms with van der Waals surface area (Å²) in [5, 5.41) is 27.1. The van der Waals surface area contributed by atoms with E-state index in [1.165, 1.54) is 11.3 Å². The normalized spacial score (nSPS) is 15.2. The van der Waals surface area contributed by atoms with Crippen LogP contribution in [0, 0.1) is 0 Å². The number of ether oxygens (including phenoxy) is 1. The van der Waals surface area contributed by atoms with Gasteiger partial charge in [0.05, 0.1) is 30.8 Å². The summed E-state index contributed by atoms with van der Waals surface area (Å²) >= 11 is 0. The third kappa shape index (κ3) is 10.3. The van der Waals surface area contributed by atoms with Crippen molar-refractivity contribution in [3.05, 3.63) is 59.4 Å². The van der Waals surface area contributed by atoms with E-state index in [0.717, 1.165) is 31.0 Å². The van der Waals surface area contributed by atoms with Gasteiger partial charge in [0.15, 0.2) is 0 Å². The van der Waals surface area contributed by atoms with Gasteiger partial charge in [0.25, 0.3) is 0 Å². The van der Waals surface area contributed by atoms with Crippen LogP contribution in [0.1, 0.15) is 28.6 Å². The number of rotatable bonds is 6. The molecule has 0 saturated carbocycles. The summed E-state index contributed by atoms with van der Waals surface area (Å²) in [5.41, 5.74) is 4.36. The van der Waals surface area contributed by atoms with Crippen LogP contribution in [0.25, 0.3) is 0 Å². The lowest BCUT2D eigenvalue weighted by Gasteiger charge is -2.31. The number of hydrogen-bond donors (Lipinski definition) is 2. The summed E-state index contributed by atoms with van der Waals surface area (Å²) in [6.45, 7) is 3.69. The number of alkyl halides is 6. The molecule has 1 unspecified atom stereocenters. The van der Waals surface area contributed by atoms with Crippen LogP contribution in [-0.4, -0.2) is 82.3 Å². The zero-order valence-corrected chi connectivity index (χ0v) is 21.1. The number of carbonyl (C=O) groups is 2. The highest BCUT2D eigenvalue weighted by Gasteiger charge is 2.39. The topological polar surface area (TPSA) is 148 Å². The standard InChI is InChI=1S/C18H23N7O.2C2HF3O2/c1-23-8-14(7-20-23)9-25-10-15(18-17(11-25)21-22-24(18)2)12-26-13-16-5-3-4-6-19-16;2*3-2(4,5)1(6)7/h3-8,15H,9-13H2,1-2H3;2*(H,6,7). The molecule has 0 aliphatic carbocycles. The lowest BCUT2D eigenvalue weighted by molar-refractivity contribution is -0.193. The van der Waals surface area contributed by atoms with Gasteiger partial charge in [-0.15, -0.1) is 5.10 Å². The molecule has 0 aromatic carbocycles. The van der Waals surface area contributed by atoms with Gasteiger partial charge in [-0.25, -0.2) is 9.59 Å². The number of aliphatic carboxylic acids is 2. The van der Waals surface area contributed by atoms with E-state index in [1.807, 2.05) is 47.9 Å². The van der Waals surface area contributed by atoms with Gasteiger partial charge in [0.1, 0.15) is 5.69 Å². The summed E-state index contributed by atoms with van der Waals surface area (Å²) in [6, 6.07) is 5.87. The summed E-state index contributed by atoms with van der Waals surface area (Å²) in [5.74, 6) is -5.28. The number of carboxylic acids is 2. The number of fused-ring (bicyclic) bond motifs is 1. The fraction of sp³-hybridized carbons (Fsp3) is 0.455. The molecule has 3 aromatic rings. The van der Waals surface area contributed by atoms with Gasteiger partial charge in [-0.1, -0.05) is 11.3 Å². The molecular formula is C22H25F6N7O5. The highest BCUT2D eigenvalue weighted by Crippen LogP contribution is 2.28. The summed E-state index contributed by atoms with van der Waals surface area (Å²) in [7, 11) is 3.89. The van der Waals surface area contributed by atoms with Crippen LogP contribution in [0.15, 0.2) is 36.8 Å². The van der Waals surface area contributed by atoms with Gasteiger partial charge in [0.2, 0.25) is 0 Å². The maximum Gasteiger partial charge on any atom is 0.490 e. The third-order valence-corrected chi connectivity index (χ3v) is 5.13. The molecule has 3 aromatic heterocycles. The molecule has 18 heteroatoms. The Balaban J connectivity index is 0.000000333. The number of aryl methyl sites for hydroxylation is 2. The molecule has 2 N–H and O–H groups in total. The zero-order chi connectivity index (χ0) is 30.1. The van der Waals surface area contributed by atoms with Gasteiger partial charge in [-0.2, -0.15) is 31.4 Å². The van der Waals surface area contributed by atoms with Crippen LogP contribution in [0.2, 0.25) is 0 Å². The van der Waals surface area contributed by atoms with E-state index in [1.54, 1.807) is 6.20 Å². The molecular weight excluding hydrogens is 556 g/mol. The van der Waals surface area contributed by atoms with Crippen molar-refractivity contribution < 1.29 is 50.9 Å². The van der Waals surface area contributed by atoms with Crippen molar-refractivity contribution in [1.82, 2.24) is 34.7 Å². The molecule has 1 atom stereocenters. The van der Waals surface area contributed by atoms with Gasteiger partial charge >= 0.3 is 24.3 Å². The van der Waals surface area contributed by atoms with Crippen LogP contribution in [0.5, 0.6) is 0 Å². The van der Waals surface area contributed by atoms with E-state index in [4.69, 9.17) is 24.5 Å². The van der Waals surface area contributed by atoms with Crippen molar-refractivity contribution in [2.24, 2.45) is 14.1 Å². The fourth-order valence-electron chi connectivity index (χ4n) is 3.55. The van der Waals surface area contributed by atoms with Crippen molar-refractivity contribution in [2.75, 3.05) is 13.2 Å². The Morgan fingerprint density at radius 2 is 1.70 bits per heavy atom. The molecule has 0 amide bonds. The molecule has 0 radical (unpaired) electrons. The Kier molecular flexibility index (Phi) is 11.1. The second-order valence-electron chi connectivity index (χ2n) is 8.38. The van der Waals surface area contributed by atoms with Gasteiger partial charge in [0, 0.05) is 57.6 Å². The van der Waals surface area contributed by atoms with Crippen LogP contribution in [-0.2, 0) is 48.1 Å². The van der Waals surface area contributed by atoms with E-state index in [2.05, 4.69) is 31.5 Å². The molecule has 4 rings (SSSR count). The van der Waals surface area contributed by atoms with E-state index in [-0.39, 0.29) is 5.92 Å². The first kappa shape index (κ1) is 32.2. The molecule has 0 fully saturated rings. The number of halogens is 6. The Hall–Kier alpha value is -4.06. The number of nitrogens with zero attached hydrogens (tertiary/aromatic N) is 7. The molecule has 12 nitrogen and oxygen atoms in total. The predicted octanol–water partition coefficient (Wildman–Crippen LogP) is 2.53. The van der Waals surface area contributed by atoms with E-state index in [0.29, 0.717) is 13.2 Å². The van der Waals surface area contributed by atoms with Crippen LogP contribution < -0.4 is 0 Å². The minimum absolute atomic E-state index is 0.235. The number of carboxylic acid groups (broad SMARTS) is 2. The first-order chi connectivity index (χ1) is 18.6. The lowest BCUT2D eigenvalue weighted by atomic mass is 9.98. The first-order valence-corrected chi connectivity index (χ1v) is 11.2. The van der Waals surface area contributed by atoms with Gasteiger partial charge in [-0.3, -0.25) is 19.2 Å². The van der Waals surface area contributed by atoms with Crippen molar-refractivity contribution in [3.8, 4) is 0 Å². The van der Waals surface area contributed by atoms with E-state index < -0.39 is 24.3 Å². The van der Waals surface area contributed by atoms with Crippen LogP contribution in [0.4, 0.5) is 26.3 Å². The molecule has 0 bridgehead atoms. The highest BCUT2D eigenvalue weighted by atomic mass is 19.4. The quantitative estimate of drug-likeness (QED) is 0.416. The minimum atomic E-state index is -5.08. The first-order valence-electron chi connectivity index (χ1n) is 11.2. The molecule has 0 spiro atoms. The SMILES string of the molecule is Cn1cc(CN2Cc3nnn(C)c3C(COCc3ccccn3)C2)cn1.O=C(O)C(F)(F)F.O=C(O)C(F)(F)F. The van der Waals surface area contributed by atoms with Crippen molar-refractivity contribution >= 4 is 11.9 Å². The Labute approximate surface area is 222 Å². The number of aromatic nitrogens is 6. The number of pyridine rings is 1. The second-order valence-corrected chi connectivity index (χ2v) is 8.38. The van der Waals surface area contributed by atoms with Crippen molar-refractivity contribution in [1.29, 1.82) is 0 Å². The second kappa shape index (κ2) is 13.8. The smallest absolute Gasteiger partial charge is 0.475 e. The Bertz CT molecular complexity index is 1220. The van der Waals surface area contributed by atoms with Crippen molar-refractivity contribution in [2.45, 2.75) is 38.0 Å². The summed E-state index contributed by atoms with van der Waals surface area (Å²) in [4.78, 5) is 24.5.